The first-order valence-electron chi connectivity index (χ1n) is 11.2. The van der Waals surface area contributed by atoms with Gasteiger partial charge in [0.1, 0.15) is 11.8 Å². The van der Waals surface area contributed by atoms with Crippen molar-refractivity contribution in [2.45, 2.75) is 66.5 Å². The smallest absolute Gasteiger partial charge is 0.261 e. The maximum absolute atomic E-state index is 13.3. The molecule has 0 aliphatic rings. The van der Waals surface area contributed by atoms with Gasteiger partial charge in [-0.25, -0.2) is 0 Å². The first kappa shape index (κ1) is 24.4. The summed E-state index contributed by atoms with van der Waals surface area (Å²) in [6.07, 6.45) is 2.47. The summed E-state index contributed by atoms with van der Waals surface area (Å²) < 4.78 is 5.83. The number of unbranched alkanes of at least 4 members (excludes halogenated alkanes) is 1. The van der Waals surface area contributed by atoms with E-state index in [4.69, 9.17) is 4.74 Å². The molecule has 1 atom stereocenters. The highest BCUT2D eigenvalue weighted by Crippen LogP contribution is 2.18. The highest BCUT2D eigenvalue weighted by atomic mass is 16.5. The van der Waals surface area contributed by atoms with Gasteiger partial charge in [0.05, 0.1) is 0 Å². The van der Waals surface area contributed by atoms with Crippen molar-refractivity contribution in [2.24, 2.45) is 0 Å². The molecule has 0 aromatic heterocycles. The van der Waals surface area contributed by atoms with Gasteiger partial charge in [-0.3, -0.25) is 9.59 Å². The molecule has 0 unspecified atom stereocenters. The van der Waals surface area contributed by atoms with Crippen molar-refractivity contribution in [1.82, 2.24) is 10.2 Å². The van der Waals surface area contributed by atoms with Crippen LogP contribution in [0.4, 0.5) is 0 Å². The zero-order valence-corrected chi connectivity index (χ0v) is 19.5. The summed E-state index contributed by atoms with van der Waals surface area (Å²) in [5, 5.41) is 2.99. The van der Waals surface area contributed by atoms with Crippen molar-refractivity contribution in [3.8, 4) is 5.75 Å². The molecule has 0 saturated heterocycles. The molecule has 2 rings (SSSR count). The van der Waals surface area contributed by atoms with Crippen LogP contribution in [0.2, 0.25) is 0 Å². The van der Waals surface area contributed by atoms with Crippen molar-refractivity contribution >= 4 is 11.8 Å². The fourth-order valence-corrected chi connectivity index (χ4v) is 3.64. The summed E-state index contributed by atoms with van der Waals surface area (Å²) in [5.41, 5.74) is 4.29. The Morgan fingerprint density at radius 2 is 1.71 bits per heavy atom. The van der Waals surface area contributed by atoms with Gasteiger partial charge >= 0.3 is 0 Å². The lowest BCUT2D eigenvalue weighted by atomic mass is 10.1. The van der Waals surface area contributed by atoms with E-state index in [0.717, 1.165) is 35.1 Å². The van der Waals surface area contributed by atoms with Gasteiger partial charge in [-0.2, -0.15) is 0 Å². The van der Waals surface area contributed by atoms with Crippen molar-refractivity contribution in [3.63, 3.8) is 0 Å². The molecule has 0 fully saturated rings. The molecule has 5 nitrogen and oxygen atoms in total. The molecule has 1 N–H and O–H groups in total. The molecule has 31 heavy (non-hydrogen) atoms. The largest absolute Gasteiger partial charge is 0.484 e. The maximum atomic E-state index is 13.3. The lowest BCUT2D eigenvalue weighted by molar-refractivity contribution is -0.143. The molecule has 0 radical (unpaired) electrons. The normalized spacial score (nSPS) is 11.6. The highest BCUT2D eigenvalue weighted by molar-refractivity contribution is 5.88. The molecular weight excluding hydrogens is 388 g/mol. The van der Waals surface area contributed by atoms with E-state index in [1.165, 1.54) is 0 Å². The van der Waals surface area contributed by atoms with Crippen LogP contribution in [0.3, 0.4) is 0 Å². The molecule has 168 valence electrons. The van der Waals surface area contributed by atoms with E-state index < -0.39 is 6.04 Å². The van der Waals surface area contributed by atoms with Gasteiger partial charge in [-0.1, -0.05) is 50.6 Å². The standard InChI is InChI=1S/C26H36N2O3/c1-6-8-13-27-26(30)24(7-2)28(17-22-12-10-9-11-21(22)5)25(29)18-31-23-15-19(3)14-20(4)16-23/h9-12,14-16,24H,6-8,13,17-18H2,1-5H3,(H,27,30)/t24-/m1/s1. The Balaban J connectivity index is 2.21. The van der Waals surface area contributed by atoms with Crippen LogP contribution in [0.15, 0.2) is 42.5 Å². The van der Waals surface area contributed by atoms with E-state index in [1.807, 2.05) is 64.1 Å². The molecule has 2 amide bonds. The van der Waals surface area contributed by atoms with Crippen LogP contribution in [-0.2, 0) is 16.1 Å². The predicted octanol–water partition coefficient (Wildman–Crippen LogP) is 4.71. The molecule has 0 saturated carbocycles. The summed E-state index contributed by atoms with van der Waals surface area (Å²) in [4.78, 5) is 27.8. The van der Waals surface area contributed by atoms with E-state index in [1.54, 1.807) is 4.90 Å². The second-order valence-corrected chi connectivity index (χ2v) is 8.13. The van der Waals surface area contributed by atoms with Gasteiger partial charge in [0.15, 0.2) is 6.61 Å². The highest BCUT2D eigenvalue weighted by Gasteiger charge is 2.29. The fourth-order valence-electron chi connectivity index (χ4n) is 3.64. The Hall–Kier alpha value is -2.82. The number of benzene rings is 2. The number of aryl methyl sites for hydroxylation is 3. The number of hydrogen-bond acceptors (Lipinski definition) is 3. The zero-order chi connectivity index (χ0) is 22.8. The van der Waals surface area contributed by atoms with Crippen LogP contribution in [0.25, 0.3) is 0 Å². The van der Waals surface area contributed by atoms with E-state index in [0.29, 0.717) is 25.3 Å². The van der Waals surface area contributed by atoms with Gasteiger partial charge in [-0.05, 0) is 68.0 Å². The number of hydrogen-bond donors (Lipinski definition) is 1. The maximum Gasteiger partial charge on any atom is 0.261 e. The SMILES string of the molecule is CCCCNC(=O)[C@@H](CC)N(Cc1ccccc1C)C(=O)COc1cc(C)cc(C)c1. The number of carbonyl (C=O) groups is 2. The number of rotatable bonds is 11. The van der Waals surface area contributed by atoms with Gasteiger partial charge < -0.3 is 15.0 Å². The number of ether oxygens (including phenoxy) is 1. The molecule has 0 aliphatic heterocycles. The molecule has 0 bridgehead atoms. The average Bonchev–Trinajstić information content (AvgIpc) is 2.72. The van der Waals surface area contributed by atoms with Crippen LogP contribution in [0.1, 0.15) is 55.4 Å². The number of nitrogens with one attached hydrogen (secondary N) is 1. The van der Waals surface area contributed by atoms with Crippen LogP contribution in [0, 0.1) is 20.8 Å². The first-order chi connectivity index (χ1) is 14.8. The number of amides is 2. The van der Waals surface area contributed by atoms with E-state index in [2.05, 4.69) is 18.3 Å². The monoisotopic (exact) mass is 424 g/mol. The van der Waals surface area contributed by atoms with Crippen LogP contribution < -0.4 is 10.1 Å². The van der Waals surface area contributed by atoms with E-state index in [-0.39, 0.29) is 18.4 Å². The van der Waals surface area contributed by atoms with Gasteiger partial charge in [0.25, 0.3) is 5.91 Å². The number of nitrogens with zero attached hydrogens (tertiary/aromatic N) is 1. The minimum absolute atomic E-state index is 0.104. The van der Waals surface area contributed by atoms with Gasteiger partial charge in [-0.15, -0.1) is 0 Å². The second kappa shape index (κ2) is 12.1. The second-order valence-electron chi connectivity index (χ2n) is 8.13. The third-order valence-corrected chi connectivity index (χ3v) is 5.37. The van der Waals surface area contributed by atoms with Crippen LogP contribution in [0.5, 0.6) is 5.75 Å². The molecule has 5 heteroatoms. The molecule has 0 heterocycles. The summed E-state index contributed by atoms with van der Waals surface area (Å²) in [6.45, 7) is 10.9. The Morgan fingerprint density at radius 3 is 2.32 bits per heavy atom. The minimum atomic E-state index is -0.535. The summed E-state index contributed by atoms with van der Waals surface area (Å²) in [5.74, 6) is 0.367. The summed E-state index contributed by atoms with van der Waals surface area (Å²) >= 11 is 0. The van der Waals surface area contributed by atoms with Crippen molar-refractivity contribution in [2.75, 3.05) is 13.2 Å². The fraction of sp³-hybridized carbons (Fsp3) is 0.462. The molecular formula is C26H36N2O3. The Bertz CT molecular complexity index is 858. The molecule has 0 aliphatic carbocycles. The molecule has 0 spiro atoms. The quantitative estimate of drug-likeness (QED) is 0.531. The Kier molecular flexibility index (Phi) is 9.57. The minimum Gasteiger partial charge on any atom is -0.484 e. The zero-order valence-electron chi connectivity index (χ0n) is 19.5. The molecule has 2 aromatic carbocycles. The lowest BCUT2D eigenvalue weighted by Crippen LogP contribution is -2.50. The summed E-state index contributed by atoms with van der Waals surface area (Å²) in [6, 6.07) is 13.3. The predicted molar refractivity (Wildman–Crippen MR) is 125 cm³/mol. The Labute approximate surface area is 186 Å². The van der Waals surface area contributed by atoms with Crippen molar-refractivity contribution in [1.29, 1.82) is 0 Å². The van der Waals surface area contributed by atoms with Crippen molar-refractivity contribution < 1.29 is 14.3 Å². The average molecular weight is 425 g/mol. The first-order valence-corrected chi connectivity index (χ1v) is 11.2. The van der Waals surface area contributed by atoms with E-state index >= 15 is 0 Å². The number of carbonyl (C=O) groups excluding carboxylic acids is 2. The van der Waals surface area contributed by atoms with Crippen molar-refractivity contribution in [3.05, 3.63) is 64.7 Å². The molecule has 2 aromatic rings. The summed E-state index contributed by atoms with van der Waals surface area (Å²) in [7, 11) is 0. The van der Waals surface area contributed by atoms with Gasteiger partial charge in [0, 0.05) is 13.1 Å². The lowest BCUT2D eigenvalue weighted by Gasteiger charge is -2.31. The van der Waals surface area contributed by atoms with Crippen LogP contribution >= 0.6 is 0 Å². The van der Waals surface area contributed by atoms with E-state index in [9.17, 15) is 9.59 Å². The van der Waals surface area contributed by atoms with Gasteiger partial charge in [0.2, 0.25) is 5.91 Å². The Morgan fingerprint density at radius 1 is 1.03 bits per heavy atom. The topological polar surface area (TPSA) is 58.6 Å². The van der Waals surface area contributed by atoms with Crippen LogP contribution in [-0.4, -0.2) is 35.9 Å². The third-order valence-electron chi connectivity index (χ3n) is 5.37. The third kappa shape index (κ3) is 7.42.